The fourth-order valence-electron chi connectivity index (χ4n) is 1.63. The van der Waals surface area contributed by atoms with E-state index in [-0.39, 0.29) is 5.91 Å². The van der Waals surface area contributed by atoms with E-state index in [0.717, 1.165) is 13.0 Å². The first-order valence-corrected chi connectivity index (χ1v) is 7.59. The number of aromatic nitrogens is 2. The van der Waals surface area contributed by atoms with E-state index >= 15 is 0 Å². The molecule has 110 valence electrons. The van der Waals surface area contributed by atoms with Crippen molar-refractivity contribution < 1.29 is 4.79 Å². The van der Waals surface area contributed by atoms with E-state index in [1.165, 1.54) is 6.20 Å². The second-order valence-corrected chi connectivity index (χ2v) is 5.55. The highest BCUT2D eigenvalue weighted by atomic mass is 79.9. The largest absolute Gasteiger partial charge is 0.370 e. The summed E-state index contributed by atoms with van der Waals surface area (Å²) in [7, 11) is 0. The molecule has 2 aromatic heterocycles. The van der Waals surface area contributed by atoms with E-state index in [9.17, 15) is 4.79 Å². The van der Waals surface area contributed by atoms with Gasteiger partial charge < -0.3 is 10.6 Å². The number of carbonyl (C=O) groups is 1. The molecule has 0 bridgehead atoms. The van der Waals surface area contributed by atoms with Crippen molar-refractivity contribution in [2.75, 3.05) is 17.2 Å². The van der Waals surface area contributed by atoms with Gasteiger partial charge in [-0.15, -0.1) is 0 Å². The molecule has 2 rings (SSSR count). The van der Waals surface area contributed by atoms with Gasteiger partial charge in [-0.3, -0.25) is 9.78 Å². The zero-order valence-electron chi connectivity index (χ0n) is 11.4. The van der Waals surface area contributed by atoms with Crippen molar-refractivity contribution in [1.82, 2.24) is 9.97 Å². The molecule has 0 aliphatic heterocycles. The predicted molar refractivity (Wildman–Crippen MR) is 87.9 cm³/mol. The molecule has 0 radical (unpaired) electrons. The fourth-order valence-corrected chi connectivity index (χ4v) is 2.17. The topological polar surface area (TPSA) is 66.9 Å². The maximum absolute atomic E-state index is 12.3. The van der Waals surface area contributed by atoms with E-state index in [4.69, 9.17) is 11.6 Å². The predicted octanol–water partition coefficient (Wildman–Crippen LogP) is 3.97. The lowest BCUT2D eigenvalue weighted by Crippen LogP contribution is -2.14. The summed E-state index contributed by atoms with van der Waals surface area (Å²) in [6.45, 7) is 2.84. The highest BCUT2D eigenvalue weighted by Crippen LogP contribution is 2.23. The molecule has 0 unspecified atom stereocenters. The number of anilines is 2. The highest BCUT2D eigenvalue weighted by Gasteiger charge is 2.13. The molecule has 5 nitrogen and oxygen atoms in total. The number of carbonyl (C=O) groups excluding carboxylic acids is 1. The lowest BCUT2D eigenvalue weighted by atomic mass is 10.2. The van der Waals surface area contributed by atoms with Crippen LogP contribution in [0, 0.1) is 0 Å². The lowest BCUT2D eigenvalue weighted by molar-refractivity contribution is 0.102. The van der Waals surface area contributed by atoms with Gasteiger partial charge in [0.25, 0.3) is 5.91 Å². The SMILES string of the molecule is CCCNc1cc(C(=O)Nc2ccncc2Br)c(Cl)cn1. The molecule has 2 aromatic rings. The number of hydrogen-bond donors (Lipinski definition) is 2. The second-order valence-electron chi connectivity index (χ2n) is 4.29. The molecule has 2 heterocycles. The Labute approximate surface area is 136 Å². The number of rotatable bonds is 5. The minimum atomic E-state index is -0.297. The first-order valence-electron chi connectivity index (χ1n) is 6.42. The molecule has 0 atom stereocenters. The number of hydrogen-bond acceptors (Lipinski definition) is 4. The molecule has 0 aromatic carbocycles. The molecule has 0 saturated heterocycles. The normalized spacial score (nSPS) is 10.2. The minimum absolute atomic E-state index is 0.297. The van der Waals surface area contributed by atoms with Gasteiger partial charge in [0.15, 0.2) is 0 Å². The van der Waals surface area contributed by atoms with Crippen molar-refractivity contribution >= 4 is 44.9 Å². The van der Waals surface area contributed by atoms with Crippen molar-refractivity contribution in [3.63, 3.8) is 0 Å². The number of pyridine rings is 2. The monoisotopic (exact) mass is 368 g/mol. The molecular formula is C14H14BrClN4O. The van der Waals surface area contributed by atoms with Gasteiger partial charge in [-0.05, 0) is 34.5 Å². The standard InChI is InChI=1S/C14H14BrClN4O/c1-2-4-18-13-6-9(11(16)8-19-13)14(21)20-12-3-5-17-7-10(12)15/h3,5-8H,2,4H2,1H3,(H,18,19)(H,17,20,21). The average molecular weight is 370 g/mol. The van der Waals surface area contributed by atoms with Gasteiger partial charge in [-0.25, -0.2) is 4.98 Å². The van der Waals surface area contributed by atoms with Crippen LogP contribution in [0.2, 0.25) is 5.02 Å². The molecule has 0 fully saturated rings. The summed E-state index contributed by atoms with van der Waals surface area (Å²) in [5.41, 5.74) is 1.000. The van der Waals surface area contributed by atoms with Crippen molar-refractivity contribution in [2.24, 2.45) is 0 Å². The summed E-state index contributed by atoms with van der Waals surface area (Å²) in [5, 5.41) is 6.21. The van der Waals surface area contributed by atoms with Crippen molar-refractivity contribution in [1.29, 1.82) is 0 Å². The average Bonchev–Trinajstić information content (AvgIpc) is 2.48. The van der Waals surface area contributed by atoms with E-state index in [2.05, 4.69) is 43.5 Å². The van der Waals surface area contributed by atoms with Gasteiger partial charge in [-0.1, -0.05) is 18.5 Å². The van der Waals surface area contributed by atoms with Crippen LogP contribution in [-0.2, 0) is 0 Å². The van der Waals surface area contributed by atoms with Crippen LogP contribution >= 0.6 is 27.5 Å². The molecule has 21 heavy (non-hydrogen) atoms. The van der Waals surface area contributed by atoms with Gasteiger partial charge in [-0.2, -0.15) is 0 Å². The van der Waals surface area contributed by atoms with Crippen LogP contribution in [0.5, 0.6) is 0 Å². The number of amides is 1. The van der Waals surface area contributed by atoms with E-state index < -0.39 is 0 Å². The second kappa shape index (κ2) is 7.38. The van der Waals surface area contributed by atoms with Crippen molar-refractivity contribution in [3.8, 4) is 0 Å². The third-order valence-electron chi connectivity index (χ3n) is 2.68. The van der Waals surface area contributed by atoms with Crippen LogP contribution in [0.3, 0.4) is 0 Å². The zero-order valence-corrected chi connectivity index (χ0v) is 13.7. The smallest absolute Gasteiger partial charge is 0.257 e. The van der Waals surface area contributed by atoms with Crippen LogP contribution in [0.4, 0.5) is 11.5 Å². The Bertz CT molecular complexity index is 651. The summed E-state index contributed by atoms with van der Waals surface area (Å²) < 4.78 is 0.702. The van der Waals surface area contributed by atoms with Crippen LogP contribution in [0.25, 0.3) is 0 Å². The van der Waals surface area contributed by atoms with E-state index in [1.807, 2.05) is 0 Å². The van der Waals surface area contributed by atoms with Crippen LogP contribution in [0.15, 0.2) is 35.2 Å². The molecule has 7 heteroatoms. The lowest BCUT2D eigenvalue weighted by Gasteiger charge is -2.10. The van der Waals surface area contributed by atoms with Gasteiger partial charge in [0, 0.05) is 25.1 Å². The first-order chi connectivity index (χ1) is 10.1. The Morgan fingerprint density at radius 2 is 2.24 bits per heavy atom. The first kappa shape index (κ1) is 15.7. The summed E-state index contributed by atoms with van der Waals surface area (Å²) in [5.74, 6) is 0.328. The van der Waals surface area contributed by atoms with Crippen LogP contribution < -0.4 is 10.6 Å². The highest BCUT2D eigenvalue weighted by molar-refractivity contribution is 9.10. The maximum Gasteiger partial charge on any atom is 0.257 e. The fraction of sp³-hybridized carbons (Fsp3) is 0.214. The number of nitrogens with zero attached hydrogens (tertiary/aromatic N) is 2. The zero-order chi connectivity index (χ0) is 15.2. The van der Waals surface area contributed by atoms with E-state index in [1.54, 1.807) is 24.5 Å². The van der Waals surface area contributed by atoms with Crippen LogP contribution in [0.1, 0.15) is 23.7 Å². The maximum atomic E-state index is 12.3. The van der Waals surface area contributed by atoms with Gasteiger partial charge >= 0.3 is 0 Å². The third kappa shape index (κ3) is 4.15. The van der Waals surface area contributed by atoms with Gasteiger partial charge in [0.05, 0.1) is 20.7 Å². The molecular weight excluding hydrogens is 356 g/mol. The molecule has 0 spiro atoms. The summed E-state index contributed by atoms with van der Waals surface area (Å²) >= 11 is 9.39. The Hall–Kier alpha value is -1.66. The van der Waals surface area contributed by atoms with Crippen LogP contribution in [-0.4, -0.2) is 22.4 Å². The van der Waals surface area contributed by atoms with Crippen molar-refractivity contribution in [2.45, 2.75) is 13.3 Å². The minimum Gasteiger partial charge on any atom is -0.370 e. The van der Waals surface area contributed by atoms with Crippen molar-refractivity contribution in [3.05, 3.63) is 45.8 Å². The number of nitrogens with one attached hydrogen (secondary N) is 2. The summed E-state index contributed by atoms with van der Waals surface area (Å²) in [6, 6.07) is 3.34. The third-order valence-corrected chi connectivity index (χ3v) is 3.61. The Morgan fingerprint density at radius 3 is 2.95 bits per heavy atom. The Balaban J connectivity index is 2.20. The summed E-state index contributed by atoms with van der Waals surface area (Å²) in [6.07, 6.45) is 5.65. The number of halogens is 2. The molecule has 0 aliphatic carbocycles. The molecule has 0 saturated carbocycles. The summed E-state index contributed by atoms with van der Waals surface area (Å²) in [4.78, 5) is 20.4. The molecule has 1 amide bonds. The molecule has 0 aliphatic rings. The Morgan fingerprint density at radius 1 is 1.43 bits per heavy atom. The quantitative estimate of drug-likeness (QED) is 0.837. The Kier molecular flexibility index (Phi) is 5.52. The van der Waals surface area contributed by atoms with Gasteiger partial charge in [0.1, 0.15) is 5.82 Å². The van der Waals surface area contributed by atoms with E-state index in [0.29, 0.717) is 26.6 Å². The van der Waals surface area contributed by atoms with Gasteiger partial charge in [0.2, 0.25) is 0 Å². The molecule has 2 N–H and O–H groups in total.